The van der Waals surface area contributed by atoms with Gasteiger partial charge in [0.15, 0.2) is 0 Å². The number of hydrogen-bond acceptors (Lipinski definition) is 6. The van der Waals surface area contributed by atoms with E-state index in [2.05, 4.69) is 229 Å². The van der Waals surface area contributed by atoms with Crippen molar-refractivity contribution >= 4 is 94.7 Å². The number of aromatic nitrogens is 6. The Balaban J connectivity index is 1.25. The Morgan fingerprint density at radius 1 is 0.238 bits per heavy atom. The molecule has 0 radical (unpaired) electrons. The number of hydrogen-bond donors (Lipinski definition) is 0. The number of nitrogens with zero attached hydrogens (tertiary/aromatic N) is 6. The van der Waals surface area contributed by atoms with E-state index in [0.717, 1.165) is 90.3 Å². The molecule has 0 atom stereocenters. The Kier molecular flexibility index (Phi) is 14.3. The third kappa shape index (κ3) is 9.91. The van der Waals surface area contributed by atoms with Gasteiger partial charge in [-0.1, -0.05) is 0 Å². The number of pyridine rings is 2. The Hall–Kier alpha value is -8.48. The van der Waals surface area contributed by atoms with E-state index < -0.39 is 0 Å². The topological polar surface area (TPSA) is 77.3 Å². The molecular formula is C76H64N6Se2. The molecule has 9 aromatic rings. The SMILES string of the molecule is Cc1cc(C)c(-c2c3nc(c(-c4ccccn4)c4nc(c(-c5c(C)cc(C)cc5C)c5ccc([se]5)c(-c5c(C)cc(C)cc5C)c5nc(c(-c6ccccn6)c6nc(c(-c7c(C)cc(C)cc7C)c7ccc2[se]7)C=C6)C=C5)C=C4)C=C3)c(C)c1. The molecule has 0 fully saturated rings. The molecule has 0 aliphatic carbocycles. The molecule has 5 aromatic heterocycles. The predicted molar refractivity (Wildman–Crippen MR) is 358 cm³/mol. The van der Waals surface area contributed by atoms with Crippen molar-refractivity contribution in [1.82, 2.24) is 29.9 Å². The van der Waals surface area contributed by atoms with Gasteiger partial charge in [-0.15, -0.1) is 0 Å². The van der Waals surface area contributed by atoms with Crippen LogP contribution < -0.4 is 0 Å². The monoisotopic (exact) mass is 1220 g/mol. The molecule has 410 valence electrons. The van der Waals surface area contributed by atoms with Gasteiger partial charge in [0, 0.05) is 0 Å². The summed E-state index contributed by atoms with van der Waals surface area (Å²) < 4.78 is 5.04. The summed E-state index contributed by atoms with van der Waals surface area (Å²) in [6.07, 6.45) is 21.3. The van der Waals surface area contributed by atoms with Crippen LogP contribution in [0.2, 0.25) is 0 Å². The summed E-state index contributed by atoms with van der Waals surface area (Å²) in [5, 5.41) is 0. The van der Waals surface area contributed by atoms with Crippen molar-refractivity contribution in [2.45, 2.75) is 83.1 Å². The third-order valence-corrected chi connectivity index (χ3v) is 21.1. The predicted octanol–water partition coefficient (Wildman–Crippen LogP) is 18.6. The number of rotatable bonds is 6. The molecule has 9 heterocycles. The van der Waals surface area contributed by atoms with Crippen LogP contribution in [0.25, 0.3) is 133 Å². The van der Waals surface area contributed by atoms with Gasteiger partial charge in [0.05, 0.1) is 0 Å². The molecule has 0 N–H and O–H groups in total. The zero-order valence-electron chi connectivity index (χ0n) is 49.7. The van der Waals surface area contributed by atoms with Crippen LogP contribution >= 0.6 is 0 Å². The van der Waals surface area contributed by atoms with Gasteiger partial charge in [-0.3, -0.25) is 0 Å². The minimum atomic E-state index is -0.170. The molecule has 4 aromatic carbocycles. The van der Waals surface area contributed by atoms with Crippen LogP contribution in [0, 0.1) is 83.1 Å². The number of aryl methyl sites for hydroxylation is 12. The van der Waals surface area contributed by atoms with E-state index >= 15 is 0 Å². The molecule has 0 amide bonds. The normalized spacial score (nSPS) is 12.3. The first-order valence-corrected chi connectivity index (χ1v) is 32.2. The van der Waals surface area contributed by atoms with E-state index in [1.54, 1.807) is 0 Å². The zero-order chi connectivity index (χ0) is 58.2. The van der Waals surface area contributed by atoms with Crippen molar-refractivity contribution in [2.75, 3.05) is 0 Å². The molecule has 6 nitrogen and oxygen atoms in total. The van der Waals surface area contributed by atoms with Crippen molar-refractivity contribution in [3.05, 3.63) is 234 Å². The van der Waals surface area contributed by atoms with E-state index in [1.807, 2.05) is 24.5 Å². The van der Waals surface area contributed by atoms with Crippen LogP contribution in [0.15, 0.2) is 122 Å². The molecule has 0 unspecified atom stereocenters. The first-order chi connectivity index (χ1) is 40.6. The van der Waals surface area contributed by atoms with Gasteiger partial charge in [-0.2, -0.15) is 0 Å². The maximum atomic E-state index is 5.72. The van der Waals surface area contributed by atoms with Gasteiger partial charge < -0.3 is 0 Å². The first-order valence-electron chi connectivity index (χ1n) is 28.7. The van der Waals surface area contributed by atoms with E-state index in [1.165, 1.54) is 106 Å². The summed E-state index contributed by atoms with van der Waals surface area (Å²) in [6.45, 7) is 26.7. The van der Waals surface area contributed by atoms with E-state index in [-0.39, 0.29) is 29.0 Å². The van der Waals surface area contributed by atoms with Gasteiger partial charge in [0.1, 0.15) is 0 Å². The summed E-state index contributed by atoms with van der Waals surface area (Å²) in [7, 11) is 0. The van der Waals surface area contributed by atoms with E-state index in [9.17, 15) is 0 Å². The molecule has 84 heavy (non-hydrogen) atoms. The molecule has 0 saturated carbocycles. The van der Waals surface area contributed by atoms with Crippen molar-refractivity contribution in [2.24, 2.45) is 0 Å². The Morgan fingerprint density at radius 2 is 0.452 bits per heavy atom. The summed E-state index contributed by atoms with van der Waals surface area (Å²) in [5.41, 5.74) is 34.6. The fourth-order valence-corrected chi connectivity index (χ4v) is 18.1. The Bertz CT molecular complexity index is 4130. The van der Waals surface area contributed by atoms with Crippen LogP contribution in [0.1, 0.15) is 112 Å². The van der Waals surface area contributed by atoms with Crippen LogP contribution in [-0.2, 0) is 0 Å². The fraction of sp³-hybridized carbons (Fsp3) is 0.158. The van der Waals surface area contributed by atoms with Gasteiger partial charge in [-0.05, 0) is 0 Å². The van der Waals surface area contributed by atoms with Crippen molar-refractivity contribution in [1.29, 1.82) is 0 Å². The summed E-state index contributed by atoms with van der Waals surface area (Å²) in [6, 6.07) is 40.1. The Morgan fingerprint density at radius 3 is 0.655 bits per heavy atom. The molecule has 4 aliphatic rings. The fourth-order valence-electron chi connectivity index (χ4n) is 13.4. The molecule has 8 heteroatoms. The van der Waals surface area contributed by atoms with Gasteiger partial charge in [-0.25, -0.2) is 0 Å². The maximum absolute atomic E-state index is 5.72. The molecule has 0 saturated heterocycles. The summed E-state index contributed by atoms with van der Waals surface area (Å²) >= 11 is -0.340. The standard InChI is InChI=1S/C76H64N6Se2/c1-41-33-45(5)67(46(6)34-41)73-59-23-19-55(79-59)71(53-17-13-15-31-77-53)56-20-25-61(80-56)75(69-49(9)37-43(3)38-50(69)10)65-29-30-66(84-65)76(70-51(11)39-44(4)40-52(70)12)62-26-22-58(82-62)72(54-18-14-16-32-78-54)57-21-24-60(81-57)74(64-28-27-63(73)83-64)68-47(7)35-42(2)36-48(68)8/h13-40H,1-12H3. The average Bonchev–Trinajstić information content (AvgIpc) is 3.05. The first kappa shape index (κ1) is 54.8. The van der Waals surface area contributed by atoms with Crippen LogP contribution in [0.4, 0.5) is 0 Å². The molecule has 12 bridgehead atoms. The van der Waals surface area contributed by atoms with Crippen LogP contribution in [0.5, 0.6) is 0 Å². The molecular weight excluding hydrogens is 1150 g/mol. The third-order valence-electron chi connectivity index (χ3n) is 16.4. The zero-order valence-corrected chi connectivity index (χ0v) is 53.1. The molecule has 0 spiro atoms. The Labute approximate surface area is 505 Å². The number of benzene rings is 4. The second-order valence-electron chi connectivity index (χ2n) is 23.0. The second kappa shape index (κ2) is 21.9. The summed E-state index contributed by atoms with van der Waals surface area (Å²) in [5.74, 6) is 0. The number of fused-ring (bicyclic) bond motifs is 12. The average molecular weight is 1220 g/mol. The second-order valence-corrected chi connectivity index (χ2v) is 27.5. The van der Waals surface area contributed by atoms with E-state index in [0.29, 0.717) is 0 Å². The molecule has 4 aliphatic heterocycles. The van der Waals surface area contributed by atoms with Crippen molar-refractivity contribution in [3.8, 4) is 67.0 Å². The molecule has 13 rings (SSSR count). The van der Waals surface area contributed by atoms with E-state index in [4.69, 9.17) is 29.9 Å². The van der Waals surface area contributed by atoms with Crippen molar-refractivity contribution < 1.29 is 0 Å². The van der Waals surface area contributed by atoms with Crippen molar-refractivity contribution in [3.63, 3.8) is 0 Å². The summed E-state index contributed by atoms with van der Waals surface area (Å²) in [4.78, 5) is 33.0. The van der Waals surface area contributed by atoms with Gasteiger partial charge in [0.25, 0.3) is 0 Å². The van der Waals surface area contributed by atoms with Crippen LogP contribution in [0.3, 0.4) is 0 Å². The van der Waals surface area contributed by atoms with Gasteiger partial charge >= 0.3 is 509 Å². The minimum absolute atomic E-state index is 0.170. The van der Waals surface area contributed by atoms with Gasteiger partial charge in [0.2, 0.25) is 0 Å². The quantitative estimate of drug-likeness (QED) is 0.154. The van der Waals surface area contributed by atoms with Crippen LogP contribution in [-0.4, -0.2) is 58.9 Å².